The first-order valence-electron chi connectivity index (χ1n) is 7.04. The van der Waals surface area contributed by atoms with Crippen molar-refractivity contribution in [1.82, 2.24) is 0 Å². The number of ether oxygens (including phenoxy) is 3. The lowest BCUT2D eigenvalue weighted by Gasteiger charge is -2.13. The molecule has 0 atom stereocenters. The van der Waals surface area contributed by atoms with E-state index in [1.165, 1.54) is 32.2 Å². The summed E-state index contributed by atoms with van der Waals surface area (Å²) in [5.74, 6) is -3.15. The molecule has 0 saturated heterocycles. The number of hydrogen-bond donors (Lipinski definition) is 2. The highest BCUT2D eigenvalue weighted by Crippen LogP contribution is 2.45. The molecule has 25 heavy (non-hydrogen) atoms. The summed E-state index contributed by atoms with van der Waals surface area (Å²) in [4.78, 5) is 35.3. The van der Waals surface area contributed by atoms with Crippen LogP contribution in [0, 0.1) is 6.92 Å². The zero-order valence-electron chi connectivity index (χ0n) is 13.2. The SMILES string of the molecule is COc1cc2c(c(C(=O)O)c1)Oc1c(C=O)c(O)cc(C)c1C(=O)O2. The summed E-state index contributed by atoms with van der Waals surface area (Å²) < 4.78 is 15.8. The Morgan fingerprint density at radius 1 is 1.20 bits per heavy atom. The van der Waals surface area contributed by atoms with Gasteiger partial charge in [0.2, 0.25) is 0 Å². The van der Waals surface area contributed by atoms with Crippen LogP contribution in [-0.4, -0.2) is 35.5 Å². The first-order chi connectivity index (χ1) is 11.9. The van der Waals surface area contributed by atoms with Gasteiger partial charge in [0.1, 0.15) is 22.6 Å². The molecule has 2 N–H and O–H groups in total. The largest absolute Gasteiger partial charge is 0.507 e. The Labute approximate surface area is 141 Å². The maximum absolute atomic E-state index is 12.5. The molecule has 0 fully saturated rings. The summed E-state index contributed by atoms with van der Waals surface area (Å²) in [7, 11) is 1.33. The van der Waals surface area contributed by atoms with Gasteiger partial charge < -0.3 is 24.4 Å². The van der Waals surface area contributed by atoms with Crippen LogP contribution in [0.2, 0.25) is 0 Å². The van der Waals surface area contributed by atoms with Gasteiger partial charge in [0.25, 0.3) is 0 Å². The molecular formula is C17H12O8. The highest BCUT2D eigenvalue weighted by Gasteiger charge is 2.32. The Balaban J connectivity index is 2.35. The molecule has 0 spiro atoms. The number of hydrogen-bond acceptors (Lipinski definition) is 7. The van der Waals surface area contributed by atoms with E-state index in [9.17, 15) is 24.6 Å². The van der Waals surface area contributed by atoms with Crippen molar-refractivity contribution >= 4 is 18.2 Å². The topological polar surface area (TPSA) is 119 Å². The Kier molecular flexibility index (Phi) is 3.80. The molecule has 0 saturated carbocycles. The van der Waals surface area contributed by atoms with E-state index in [1.54, 1.807) is 0 Å². The normalized spacial score (nSPS) is 12.2. The fourth-order valence-corrected chi connectivity index (χ4v) is 2.55. The summed E-state index contributed by atoms with van der Waals surface area (Å²) in [5, 5.41) is 19.3. The van der Waals surface area contributed by atoms with Crippen molar-refractivity contribution < 1.29 is 38.8 Å². The van der Waals surface area contributed by atoms with Gasteiger partial charge >= 0.3 is 11.9 Å². The molecule has 0 aromatic heterocycles. The Bertz CT molecular complexity index is 929. The second-order valence-electron chi connectivity index (χ2n) is 5.25. The third-order valence-electron chi connectivity index (χ3n) is 3.72. The molecule has 1 aliphatic rings. The quantitative estimate of drug-likeness (QED) is 0.495. The summed E-state index contributed by atoms with van der Waals surface area (Å²) in [6, 6.07) is 3.71. The van der Waals surface area contributed by atoms with Crippen molar-refractivity contribution in [3.05, 3.63) is 40.5 Å². The lowest BCUT2D eigenvalue weighted by Crippen LogP contribution is -2.10. The predicted molar refractivity (Wildman–Crippen MR) is 83.2 cm³/mol. The fraction of sp³-hybridized carbons (Fsp3) is 0.118. The Morgan fingerprint density at radius 3 is 2.52 bits per heavy atom. The average Bonchev–Trinajstić information content (AvgIpc) is 2.69. The van der Waals surface area contributed by atoms with Gasteiger partial charge in [0, 0.05) is 6.07 Å². The number of esters is 1. The van der Waals surface area contributed by atoms with Crippen molar-refractivity contribution in [3.8, 4) is 28.7 Å². The number of fused-ring (bicyclic) bond motifs is 2. The molecule has 1 heterocycles. The Hall–Kier alpha value is -3.55. The monoisotopic (exact) mass is 344 g/mol. The number of aryl methyl sites for hydroxylation is 1. The van der Waals surface area contributed by atoms with E-state index in [0.717, 1.165) is 0 Å². The lowest BCUT2D eigenvalue weighted by molar-refractivity contribution is 0.0685. The number of carbonyl (C=O) groups is 3. The third-order valence-corrected chi connectivity index (χ3v) is 3.72. The van der Waals surface area contributed by atoms with Crippen molar-refractivity contribution in [2.45, 2.75) is 6.92 Å². The number of benzene rings is 2. The summed E-state index contributed by atoms with van der Waals surface area (Å²) in [5.41, 5.74) is -0.378. The van der Waals surface area contributed by atoms with E-state index in [0.29, 0.717) is 11.8 Å². The van der Waals surface area contributed by atoms with Crippen molar-refractivity contribution in [2.75, 3.05) is 7.11 Å². The van der Waals surface area contributed by atoms with Crippen LogP contribution in [0.1, 0.15) is 36.6 Å². The molecule has 0 aliphatic carbocycles. The lowest BCUT2D eigenvalue weighted by atomic mass is 10.0. The molecule has 2 aromatic rings. The molecular weight excluding hydrogens is 332 g/mol. The van der Waals surface area contributed by atoms with Crippen LogP contribution in [0.4, 0.5) is 0 Å². The van der Waals surface area contributed by atoms with Gasteiger partial charge in [-0.25, -0.2) is 9.59 Å². The molecule has 2 aromatic carbocycles. The zero-order valence-corrected chi connectivity index (χ0v) is 13.2. The van der Waals surface area contributed by atoms with Gasteiger partial charge in [0.15, 0.2) is 23.5 Å². The van der Waals surface area contributed by atoms with Crippen LogP contribution in [0.5, 0.6) is 28.7 Å². The smallest absolute Gasteiger partial charge is 0.347 e. The number of rotatable bonds is 3. The van der Waals surface area contributed by atoms with E-state index in [1.807, 2.05) is 0 Å². The highest BCUT2D eigenvalue weighted by molar-refractivity contribution is 6.02. The van der Waals surface area contributed by atoms with Gasteiger partial charge in [-0.15, -0.1) is 0 Å². The van der Waals surface area contributed by atoms with E-state index in [2.05, 4.69) is 0 Å². The molecule has 8 nitrogen and oxygen atoms in total. The van der Waals surface area contributed by atoms with Gasteiger partial charge in [-0.05, 0) is 24.6 Å². The summed E-state index contributed by atoms with van der Waals surface area (Å²) in [6.07, 6.45) is 0.315. The number of aldehydes is 1. The molecule has 8 heteroatoms. The van der Waals surface area contributed by atoms with Crippen LogP contribution < -0.4 is 14.2 Å². The third kappa shape index (κ3) is 2.53. The number of methoxy groups -OCH3 is 1. The molecule has 0 bridgehead atoms. The minimum Gasteiger partial charge on any atom is -0.507 e. The Morgan fingerprint density at radius 2 is 1.92 bits per heavy atom. The number of aromatic hydroxyl groups is 1. The summed E-state index contributed by atoms with van der Waals surface area (Å²) >= 11 is 0. The van der Waals surface area contributed by atoms with Gasteiger partial charge in [-0.2, -0.15) is 0 Å². The maximum Gasteiger partial charge on any atom is 0.347 e. The zero-order chi connectivity index (χ0) is 18.3. The molecule has 128 valence electrons. The van der Waals surface area contributed by atoms with Crippen LogP contribution in [0.25, 0.3) is 0 Å². The second-order valence-corrected chi connectivity index (χ2v) is 5.25. The van der Waals surface area contributed by atoms with Crippen LogP contribution in [0.15, 0.2) is 18.2 Å². The first-order valence-corrected chi connectivity index (χ1v) is 7.04. The van der Waals surface area contributed by atoms with E-state index >= 15 is 0 Å². The van der Waals surface area contributed by atoms with Gasteiger partial charge in [0.05, 0.1) is 12.7 Å². The molecule has 0 unspecified atom stereocenters. The highest BCUT2D eigenvalue weighted by atomic mass is 16.6. The number of carboxylic acid groups (broad SMARTS) is 1. The maximum atomic E-state index is 12.5. The van der Waals surface area contributed by atoms with Crippen LogP contribution in [-0.2, 0) is 0 Å². The predicted octanol–water partition coefficient (Wildman–Crippen LogP) is 2.54. The van der Waals surface area contributed by atoms with Crippen molar-refractivity contribution in [3.63, 3.8) is 0 Å². The number of carbonyl (C=O) groups excluding carboxylic acids is 2. The van der Waals surface area contributed by atoms with Crippen LogP contribution in [0.3, 0.4) is 0 Å². The van der Waals surface area contributed by atoms with E-state index < -0.39 is 17.7 Å². The van der Waals surface area contributed by atoms with Gasteiger partial charge in [-0.1, -0.05) is 0 Å². The number of aromatic carboxylic acids is 1. The number of carboxylic acids is 1. The molecule has 3 rings (SSSR count). The van der Waals surface area contributed by atoms with E-state index in [4.69, 9.17) is 14.2 Å². The number of phenolic OH excluding ortho intramolecular Hbond substituents is 1. The summed E-state index contributed by atoms with van der Waals surface area (Å²) in [6.45, 7) is 1.52. The average molecular weight is 344 g/mol. The molecule has 0 radical (unpaired) electrons. The second kappa shape index (κ2) is 5.82. The van der Waals surface area contributed by atoms with Crippen molar-refractivity contribution in [1.29, 1.82) is 0 Å². The molecule has 0 amide bonds. The fourth-order valence-electron chi connectivity index (χ4n) is 2.55. The van der Waals surface area contributed by atoms with Gasteiger partial charge in [-0.3, -0.25) is 4.79 Å². The molecule has 1 aliphatic heterocycles. The number of phenols is 1. The minimum atomic E-state index is -1.35. The van der Waals surface area contributed by atoms with Crippen LogP contribution >= 0.6 is 0 Å². The minimum absolute atomic E-state index is 0.0774. The van der Waals surface area contributed by atoms with E-state index in [-0.39, 0.29) is 39.7 Å². The first kappa shape index (κ1) is 16.3. The van der Waals surface area contributed by atoms with Crippen molar-refractivity contribution in [2.24, 2.45) is 0 Å². The standard InChI is InChI=1S/C17H12O8/c1-7-3-11(19)10(6-18)15-13(7)17(22)24-12-5-8(23-2)4-9(16(20)21)14(12)25-15/h3-6,19H,1-2H3,(H,20,21).